The van der Waals surface area contributed by atoms with Crippen molar-refractivity contribution < 1.29 is 17.6 Å². The Balaban J connectivity index is 2.47. The summed E-state index contributed by atoms with van der Waals surface area (Å²) in [6.45, 7) is 1.75. The molecule has 1 aromatic rings. The van der Waals surface area contributed by atoms with Gasteiger partial charge in [0, 0.05) is 26.6 Å². The molecule has 1 atom stereocenters. The zero-order valence-electron chi connectivity index (χ0n) is 12.5. The van der Waals surface area contributed by atoms with Crippen LogP contribution < -0.4 is 5.32 Å². The van der Waals surface area contributed by atoms with E-state index >= 15 is 0 Å². The number of carbonyl (C=O) groups excluding carboxylic acids is 1. The highest BCUT2D eigenvalue weighted by Crippen LogP contribution is 2.09. The van der Waals surface area contributed by atoms with Crippen molar-refractivity contribution in [2.75, 3.05) is 19.8 Å². The summed E-state index contributed by atoms with van der Waals surface area (Å²) in [5, 5.41) is 2.68. The summed E-state index contributed by atoms with van der Waals surface area (Å²) < 4.78 is 37.7. The first-order chi connectivity index (χ1) is 9.72. The van der Waals surface area contributed by atoms with Crippen LogP contribution in [0.2, 0.25) is 0 Å². The quantitative estimate of drug-likeness (QED) is 0.821. The zero-order chi connectivity index (χ0) is 16.0. The molecule has 0 aromatic heterocycles. The minimum atomic E-state index is -3.38. The van der Waals surface area contributed by atoms with Gasteiger partial charge in [-0.15, -0.1) is 0 Å². The molecule has 1 amide bonds. The summed E-state index contributed by atoms with van der Waals surface area (Å²) in [5.41, 5.74) is 0.520. The van der Waals surface area contributed by atoms with Gasteiger partial charge >= 0.3 is 0 Å². The van der Waals surface area contributed by atoms with Crippen LogP contribution in [0.15, 0.2) is 24.3 Å². The maximum absolute atomic E-state index is 13.5. The van der Waals surface area contributed by atoms with Crippen molar-refractivity contribution in [1.29, 1.82) is 0 Å². The van der Waals surface area contributed by atoms with E-state index in [1.165, 1.54) is 20.2 Å². The van der Waals surface area contributed by atoms with Gasteiger partial charge in [0.15, 0.2) is 0 Å². The van der Waals surface area contributed by atoms with Gasteiger partial charge < -0.3 is 5.32 Å². The Morgan fingerprint density at radius 2 is 1.95 bits per heavy atom. The van der Waals surface area contributed by atoms with E-state index in [-0.39, 0.29) is 29.9 Å². The lowest BCUT2D eigenvalue weighted by atomic mass is 10.1. The number of benzene rings is 1. The number of sulfonamides is 1. The Kier molecular flexibility index (Phi) is 6.29. The standard InChI is InChI=1S/C14H21FN2O3S/c1-11(10-12-6-4-5-7-13(12)15)16-14(18)8-9-21(19,20)17(2)3/h4-7,11H,8-10H2,1-3H3,(H,16,18)/t11-/m0/s1. The third kappa shape index (κ3) is 5.81. The first-order valence-electron chi connectivity index (χ1n) is 6.65. The average Bonchev–Trinajstić information content (AvgIpc) is 2.39. The molecule has 0 saturated carbocycles. The molecule has 0 spiro atoms. The third-order valence-electron chi connectivity index (χ3n) is 3.03. The van der Waals surface area contributed by atoms with E-state index in [1.807, 2.05) is 0 Å². The molecule has 0 bridgehead atoms. The Morgan fingerprint density at radius 1 is 1.33 bits per heavy atom. The van der Waals surface area contributed by atoms with Crippen molar-refractivity contribution in [3.63, 3.8) is 0 Å². The fourth-order valence-electron chi connectivity index (χ4n) is 1.80. The molecule has 0 saturated heterocycles. The zero-order valence-corrected chi connectivity index (χ0v) is 13.3. The number of halogens is 1. The van der Waals surface area contributed by atoms with E-state index in [1.54, 1.807) is 25.1 Å². The van der Waals surface area contributed by atoms with Crippen molar-refractivity contribution in [2.24, 2.45) is 0 Å². The third-order valence-corrected chi connectivity index (χ3v) is 4.87. The van der Waals surface area contributed by atoms with Crippen molar-refractivity contribution in [3.8, 4) is 0 Å². The average molecular weight is 316 g/mol. The Labute approximate surface area is 125 Å². The van der Waals surface area contributed by atoms with Gasteiger partial charge in [0.05, 0.1) is 5.75 Å². The van der Waals surface area contributed by atoms with Gasteiger partial charge in [-0.3, -0.25) is 4.79 Å². The molecule has 7 heteroatoms. The maximum Gasteiger partial charge on any atom is 0.221 e. The van der Waals surface area contributed by atoms with Crippen molar-refractivity contribution in [1.82, 2.24) is 9.62 Å². The summed E-state index contributed by atoms with van der Waals surface area (Å²) >= 11 is 0. The summed E-state index contributed by atoms with van der Waals surface area (Å²) in [4.78, 5) is 11.7. The van der Waals surface area contributed by atoms with Crippen molar-refractivity contribution in [3.05, 3.63) is 35.6 Å². The molecule has 0 unspecified atom stereocenters. The number of nitrogens with zero attached hydrogens (tertiary/aromatic N) is 1. The van der Waals surface area contributed by atoms with Gasteiger partial charge in [0.2, 0.25) is 15.9 Å². The maximum atomic E-state index is 13.5. The fraction of sp³-hybridized carbons (Fsp3) is 0.500. The van der Waals surface area contributed by atoms with E-state index in [2.05, 4.69) is 5.32 Å². The van der Waals surface area contributed by atoms with Crippen LogP contribution in [-0.4, -0.2) is 44.5 Å². The van der Waals surface area contributed by atoms with Gasteiger partial charge in [0.1, 0.15) is 5.82 Å². The highest BCUT2D eigenvalue weighted by Gasteiger charge is 2.17. The van der Waals surface area contributed by atoms with E-state index in [0.29, 0.717) is 12.0 Å². The highest BCUT2D eigenvalue weighted by atomic mass is 32.2. The van der Waals surface area contributed by atoms with E-state index in [0.717, 1.165) is 4.31 Å². The normalized spacial score (nSPS) is 13.2. The summed E-state index contributed by atoms with van der Waals surface area (Å²) in [5.74, 6) is -0.906. The molecular weight excluding hydrogens is 295 g/mol. The van der Waals surface area contributed by atoms with E-state index in [9.17, 15) is 17.6 Å². The largest absolute Gasteiger partial charge is 0.353 e. The molecule has 0 fully saturated rings. The van der Waals surface area contributed by atoms with Gasteiger partial charge in [-0.1, -0.05) is 18.2 Å². The molecule has 1 N–H and O–H groups in total. The second-order valence-electron chi connectivity index (χ2n) is 5.11. The highest BCUT2D eigenvalue weighted by molar-refractivity contribution is 7.89. The fourth-order valence-corrected chi connectivity index (χ4v) is 2.60. The van der Waals surface area contributed by atoms with Gasteiger partial charge in [-0.2, -0.15) is 0 Å². The topological polar surface area (TPSA) is 66.5 Å². The van der Waals surface area contributed by atoms with E-state index < -0.39 is 10.0 Å². The minimum absolute atomic E-state index is 0.109. The van der Waals surface area contributed by atoms with Crippen LogP contribution in [0.3, 0.4) is 0 Å². The summed E-state index contributed by atoms with van der Waals surface area (Å²) in [6.07, 6.45) is 0.251. The Hall–Kier alpha value is -1.47. The SMILES string of the molecule is C[C@@H](Cc1ccccc1F)NC(=O)CCS(=O)(=O)N(C)C. The molecule has 0 aliphatic carbocycles. The predicted molar refractivity (Wildman–Crippen MR) is 79.8 cm³/mol. The molecular formula is C14H21FN2O3S. The smallest absolute Gasteiger partial charge is 0.221 e. The summed E-state index contributed by atoms with van der Waals surface area (Å²) in [6, 6.07) is 6.10. The Bertz CT molecular complexity index is 588. The van der Waals surface area contributed by atoms with Crippen LogP contribution in [-0.2, 0) is 21.2 Å². The lowest BCUT2D eigenvalue weighted by Crippen LogP contribution is -2.36. The second kappa shape index (κ2) is 7.51. The summed E-state index contributed by atoms with van der Waals surface area (Å²) in [7, 11) is -0.533. The molecule has 0 heterocycles. The first kappa shape index (κ1) is 17.6. The van der Waals surface area contributed by atoms with Crippen LogP contribution in [0.1, 0.15) is 18.9 Å². The molecule has 0 radical (unpaired) electrons. The predicted octanol–water partition coefficient (Wildman–Crippen LogP) is 1.15. The lowest BCUT2D eigenvalue weighted by molar-refractivity contribution is -0.121. The molecule has 5 nitrogen and oxygen atoms in total. The molecule has 0 aliphatic heterocycles. The second-order valence-corrected chi connectivity index (χ2v) is 7.41. The van der Waals surface area contributed by atoms with Crippen LogP contribution in [0.25, 0.3) is 0 Å². The van der Waals surface area contributed by atoms with Crippen molar-refractivity contribution >= 4 is 15.9 Å². The monoisotopic (exact) mass is 316 g/mol. The number of hydrogen-bond acceptors (Lipinski definition) is 3. The first-order valence-corrected chi connectivity index (χ1v) is 8.26. The van der Waals surface area contributed by atoms with Gasteiger partial charge in [-0.25, -0.2) is 17.1 Å². The number of carbonyl (C=O) groups is 1. The molecule has 118 valence electrons. The molecule has 1 rings (SSSR count). The van der Waals surface area contributed by atoms with Crippen LogP contribution in [0, 0.1) is 5.82 Å². The van der Waals surface area contributed by atoms with Gasteiger partial charge in [-0.05, 0) is 25.0 Å². The lowest BCUT2D eigenvalue weighted by Gasteiger charge is -2.15. The van der Waals surface area contributed by atoms with Gasteiger partial charge in [0.25, 0.3) is 0 Å². The van der Waals surface area contributed by atoms with Crippen LogP contribution in [0.5, 0.6) is 0 Å². The number of hydrogen-bond donors (Lipinski definition) is 1. The number of rotatable bonds is 7. The number of amides is 1. The van der Waals surface area contributed by atoms with E-state index in [4.69, 9.17) is 0 Å². The Morgan fingerprint density at radius 3 is 2.52 bits per heavy atom. The van der Waals surface area contributed by atoms with Crippen LogP contribution in [0.4, 0.5) is 4.39 Å². The van der Waals surface area contributed by atoms with Crippen LogP contribution >= 0.6 is 0 Å². The molecule has 0 aliphatic rings. The molecule has 1 aromatic carbocycles. The minimum Gasteiger partial charge on any atom is -0.353 e. The van der Waals surface area contributed by atoms with Crippen molar-refractivity contribution in [2.45, 2.75) is 25.8 Å². The molecule has 21 heavy (non-hydrogen) atoms. The number of nitrogens with one attached hydrogen (secondary N) is 1.